The van der Waals surface area contributed by atoms with Crippen LogP contribution >= 0.6 is 0 Å². The molecule has 1 aliphatic carbocycles. The molecule has 104 valence electrons. The first-order valence-electron chi connectivity index (χ1n) is 6.68. The summed E-state index contributed by atoms with van der Waals surface area (Å²) in [5.74, 6) is 0.115. The summed E-state index contributed by atoms with van der Waals surface area (Å²) >= 11 is 0. The zero-order valence-corrected chi connectivity index (χ0v) is 11.7. The largest absolute Gasteiger partial charge is 0.353 e. The van der Waals surface area contributed by atoms with Crippen molar-refractivity contribution < 1.29 is 9.59 Å². The first kappa shape index (κ1) is 15.0. The molecule has 18 heavy (non-hydrogen) atoms. The van der Waals surface area contributed by atoms with Crippen LogP contribution in [0.1, 0.15) is 32.6 Å². The van der Waals surface area contributed by atoms with E-state index in [0.717, 1.165) is 32.4 Å². The minimum atomic E-state index is 0.0491. The number of hydrogen-bond donors (Lipinski definition) is 1. The molecular weight excluding hydrogens is 230 g/mol. The van der Waals surface area contributed by atoms with Crippen LogP contribution in [0.3, 0.4) is 0 Å². The fourth-order valence-corrected chi connectivity index (χ4v) is 1.77. The van der Waals surface area contributed by atoms with Gasteiger partial charge in [-0.1, -0.05) is 0 Å². The van der Waals surface area contributed by atoms with E-state index in [0.29, 0.717) is 19.0 Å². The van der Waals surface area contributed by atoms with Crippen molar-refractivity contribution in [3.63, 3.8) is 0 Å². The van der Waals surface area contributed by atoms with Crippen LogP contribution in [-0.4, -0.2) is 61.4 Å². The topological polar surface area (TPSA) is 52.7 Å². The summed E-state index contributed by atoms with van der Waals surface area (Å²) in [4.78, 5) is 26.8. The predicted octanol–water partition coefficient (Wildman–Crippen LogP) is 0.455. The number of hydrogen-bond acceptors (Lipinski definition) is 3. The van der Waals surface area contributed by atoms with E-state index in [2.05, 4.69) is 10.2 Å². The highest BCUT2D eigenvalue weighted by atomic mass is 16.2. The number of nitrogens with zero attached hydrogens (tertiary/aromatic N) is 2. The monoisotopic (exact) mass is 255 g/mol. The summed E-state index contributed by atoms with van der Waals surface area (Å²) < 4.78 is 0. The Morgan fingerprint density at radius 3 is 2.33 bits per heavy atom. The highest BCUT2D eigenvalue weighted by molar-refractivity contribution is 5.78. The molecule has 1 N–H and O–H groups in total. The molecule has 0 atom stereocenters. The summed E-state index contributed by atoms with van der Waals surface area (Å²) in [5.41, 5.74) is 0. The second-order valence-electron chi connectivity index (χ2n) is 5.25. The summed E-state index contributed by atoms with van der Waals surface area (Å²) in [6.07, 6.45) is 3.56. The van der Waals surface area contributed by atoms with Crippen molar-refractivity contribution >= 4 is 11.8 Å². The van der Waals surface area contributed by atoms with Gasteiger partial charge in [0.25, 0.3) is 0 Å². The van der Waals surface area contributed by atoms with Gasteiger partial charge in [-0.25, -0.2) is 0 Å². The van der Waals surface area contributed by atoms with Gasteiger partial charge in [-0.3, -0.25) is 9.59 Å². The lowest BCUT2D eigenvalue weighted by Gasteiger charge is -2.21. The van der Waals surface area contributed by atoms with Crippen LogP contribution in [0.4, 0.5) is 0 Å². The third kappa shape index (κ3) is 6.59. The quantitative estimate of drug-likeness (QED) is 0.685. The van der Waals surface area contributed by atoms with Gasteiger partial charge in [-0.2, -0.15) is 0 Å². The summed E-state index contributed by atoms with van der Waals surface area (Å²) in [6, 6.07) is 0.400. The smallest absolute Gasteiger partial charge is 0.221 e. The molecule has 1 aliphatic rings. The SMILES string of the molecule is CC(=O)N(CCCN(C)C)CCC(=O)NC1CC1. The van der Waals surface area contributed by atoms with Gasteiger partial charge in [-0.05, 0) is 39.9 Å². The summed E-state index contributed by atoms with van der Waals surface area (Å²) in [7, 11) is 4.03. The van der Waals surface area contributed by atoms with E-state index < -0.39 is 0 Å². The maximum Gasteiger partial charge on any atom is 0.221 e. The van der Waals surface area contributed by atoms with Crippen molar-refractivity contribution in [2.75, 3.05) is 33.7 Å². The third-order valence-electron chi connectivity index (χ3n) is 3.03. The number of rotatable bonds is 8. The van der Waals surface area contributed by atoms with Crippen LogP contribution < -0.4 is 5.32 Å². The Balaban J connectivity index is 2.19. The van der Waals surface area contributed by atoms with Gasteiger partial charge >= 0.3 is 0 Å². The fourth-order valence-electron chi connectivity index (χ4n) is 1.77. The number of carbonyl (C=O) groups is 2. The lowest BCUT2D eigenvalue weighted by Crippen LogP contribution is -2.36. The van der Waals surface area contributed by atoms with Crippen LogP contribution in [0.2, 0.25) is 0 Å². The molecule has 0 saturated heterocycles. The Bertz CT molecular complexity index is 288. The molecule has 0 aliphatic heterocycles. The molecule has 0 unspecified atom stereocenters. The van der Waals surface area contributed by atoms with Crippen molar-refractivity contribution in [2.24, 2.45) is 0 Å². The summed E-state index contributed by atoms with van der Waals surface area (Å²) in [6.45, 7) is 3.78. The maximum absolute atomic E-state index is 11.5. The molecule has 0 aromatic heterocycles. The Morgan fingerprint density at radius 2 is 1.83 bits per heavy atom. The van der Waals surface area contributed by atoms with Crippen molar-refractivity contribution in [2.45, 2.75) is 38.6 Å². The molecule has 0 aromatic rings. The molecule has 5 nitrogen and oxygen atoms in total. The van der Waals surface area contributed by atoms with Crippen LogP contribution in [0, 0.1) is 0 Å². The van der Waals surface area contributed by atoms with E-state index >= 15 is 0 Å². The third-order valence-corrected chi connectivity index (χ3v) is 3.03. The second-order valence-corrected chi connectivity index (χ2v) is 5.25. The molecule has 0 heterocycles. The first-order chi connectivity index (χ1) is 8.49. The van der Waals surface area contributed by atoms with E-state index in [1.165, 1.54) is 0 Å². The molecular formula is C13H25N3O2. The minimum absolute atomic E-state index is 0.0491. The normalized spacial score (nSPS) is 14.7. The molecule has 0 radical (unpaired) electrons. The Hall–Kier alpha value is -1.10. The second kappa shape index (κ2) is 7.36. The van der Waals surface area contributed by atoms with E-state index in [9.17, 15) is 9.59 Å². The zero-order chi connectivity index (χ0) is 13.5. The van der Waals surface area contributed by atoms with Crippen LogP contribution in [0.5, 0.6) is 0 Å². The Kier molecular flexibility index (Phi) is 6.12. The van der Waals surface area contributed by atoms with Crippen molar-refractivity contribution in [1.29, 1.82) is 0 Å². The van der Waals surface area contributed by atoms with Crippen molar-refractivity contribution in [3.8, 4) is 0 Å². The molecule has 0 spiro atoms. The standard InChI is InChI=1S/C13H25N3O2/c1-11(17)16(9-4-8-15(2)3)10-7-13(18)14-12-5-6-12/h12H,4-10H2,1-3H3,(H,14,18). The Morgan fingerprint density at radius 1 is 1.17 bits per heavy atom. The average molecular weight is 255 g/mol. The van der Waals surface area contributed by atoms with E-state index in [1.54, 1.807) is 11.8 Å². The fraction of sp³-hybridized carbons (Fsp3) is 0.846. The molecule has 2 amide bonds. The number of nitrogens with one attached hydrogen (secondary N) is 1. The van der Waals surface area contributed by atoms with E-state index in [-0.39, 0.29) is 11.8 Å². The van der Waals surface area contributed by atoms with Gasteiger partial charge in [0.2, 0.25) is 11.8 Å². The Labute approximate surface area is 110 Å². The van der Waals surface area contributed by atoms with Gasteiger partial charge in [0.1, 0.15) is 0 Å². The molecule has 5 heteroatoms. The van der Waals surface area contributed by atoms with Gasteiger partial charge in [0.15, 0.2) is 0 Å². The number of amides is 2. The molecule has 0 bridgehead atoms. The summed E-state index contributed by atoms with van der Waals surface area (Å²) in [5, 5.41) is 2.94. The first-order valence-corrected chi connectivity index (χ1v) is 6.68. The van der Waals surface area contributed by atoms with E-state index in [1.807, 2.05) is 14.1 Å². The highest BCUT2D eigenvalue weighted by Gasteiger charge is 2.23. The van der Waals surface area contributed by atoms with Gasteiger partial charge in [-0.15, -0.1) is 0 Å². The number of carbonyl (C=O) groups excluding carboxylic acids is 2. The molecule has 1 rings (SSSR count). The molecule has 1 fully saturated rings. The predicted molar refractivity (Wildman–Crippen MR) is 71.2 cm³/mol. The zero-order valence-electron chi connectivity index (χ0n) is 11.7. The van der Waals surface area contributed by atoms with Crippen molar-refractivity contribution in [1.82, 2.24) is 15.1 Å². The minimum Gasteiger partial charge on any atom is -0.353 e. The van der Waals surface area contributed by atoms with Crippen LogP contribution in [0.15, 0.2) is 0 Å². The molecule has 1 saturated carbocycles. The van der Waals surface area contributed by atoms with Gasteiger partial charge in [0, 0.05) is 32.5 Å². The molecule has 0 aromatic carbocycles. The van der Waals surface area contributed by atoms with E-state index in [4.69, 9.17) is 0 Å². The van der Waals surface area contributed by atoms with Crippen molar-refractivity contribution in [3.05, 3.63) is 0 Å². The lowest BCUT2D eigenvalue weighted by atomic mass is 10.3. The van der Waals surface area contributed by atoms with Crippen LogP contribution in [0.25, 0.3) is 0 Å². The lowest BCUT2D eigenvalue weighted by molar-refractivity contribution is -0.129. The average Bonchev–Trinajstić information content (AvgIpc) is 3.05. The van der Waals surface area contributed by atoms with Gasteiger partial charge < -0.3 is 15.1 Å². The maximum atomic E-state index is 11.5. The highest BCUT2D eigenvalue weighted by Crippen LogP contribution is 2.18. The van der Waals surface area contributed by atoms with Gasteiger partial charge in [0.05, 0.1) is 0 Å². The van der Waals surface area contributed by atoms with Crippen LogP contribution in [-0.2, 0) is 9.59 Å².